The second-order valence-corrected chi connectivity index (χ2v) is 31.9. The van der Waals surface area contributed by atoms with Gasteiger partial charge in [-0.25, -0.2) is 8.78 Å². The van der Waals surface area contributed by atoms with E-state index in [0.29, 0.717) is 143 Å². The van der Waals surface area contributed by atoms with Gasteiger partial charge in [0.1, 0.15) is 57.6 Å². The fraction of sp³-hybridized carbons (Fsp3) is 0.425. The molecule has 0 amide bonds. The van der Waals surface area contributed by atoms with Crippen molar-refractivity contribution >= 4 is 124 Å². The molecule has 0 aliphatic carbocycles. The third-order valence-electron chi connectivity index (χ3n) is 21.4. The molecule has 8 N–H and O–H groups in total. The molecule has 124 heavy (non-hydrogen) atoms. The number of carbonyl (C=O) groups excluding carboxylic acids is 12. The number of nitriles is 2. The average molecular weight is 1730 g/mol. The average Bonchev–Trinajstić information content (AvgIpc) is 0.809. The minimum Gasteiger partial charge on any atom is -0.535 e. The van der Waals surface area contributed by atoms with Gasteiger partial charge in [0.05, 0.1) is 57.3 Å². The van der Waals surface area contributed by atoms with Crippen LogP contribution in [0.2, 0.25) is 34.9 Å². The Kier molecular flexibility index (Phi) is 38.0. The molecule has 0 saturated heterocycles. The highest BCUT2D eigenvalue weighted by atomic mass is 35.5. The number of hydrogen-bond donors (Lipinski definition) is 8. The van der Waals surface area contributed by atoms with Gasteiger partial charge in [0.25, 0.3) is 0 Å². The van der Waals surface area contributed by atoms with Gasteiger partial charge in [-0.3, -0.25) is 57.5 Å². The summed E-state index contributed by atoms with van der Waals surface area (Å²) in [5.41, 5.74) is 7.39. The van der Waals surface area contributed by atoms with Crippen LogP contribution in [0.15, 0.2) is 109 Å². The van der Waals surface area contributed by atoms with Gasteiger partial charge < -0.3 is 68.3 Å². The SMILES string of the molecule is CC(=O)c1cccc2c1OB(O)[C@@H](CC(=O)C(C)(O)O)C2.CC(=O)c1cccc2c1OB(O)[C@@H](CC(=O)C(Cl)CC(F)F)C2.CC(=O)c1cccc2c1OB(O)[C@@H](CC(=O)CC#N)C2.CC(=O)c1cccc2c1OB(O)[C@@H](CC(=O)CCC#N)C2.CCC(=O)C[C@H]1Cc2cccc(C(C)=O)c2OB1O.CCCC(=O)C[C@H]1Cc2cccc(C(C)=O)c2OB1O. The Morgan fingerprint density at radius 2 is 0.653 bits per heavy atom. The second-order valence-electron chi connectivity index (χ2n) is 31.4. The van der Waals surface area contributed by atoms with Gasteiger partial charge in [-0.1, -0.05) is 86.6 Å². The van der Waals surface area contributed by atoms with Gasteiger partial charge >= 0.3 is 42.7 Å². The minimum atomic E-state index is -2.66. The van der Waals surface area contributed by atoms with E-state index in [1.54, 1.807) is 91.9 Å². The van der Waals surface area contributed by atoms with E-state index < -0.39 is 89.9 Å². The first-order valence-electron chi connectivity index (χ1n) is 40.7. The zero-order valence-electron chi connectivity index (χ0n) is 70.4. The summed E-state index contributed by atoms with van der Waals surface area (Å²) in [5.74, 6) is -4.58. The third-order valence-corrected chi connectivity index (χ3v) is 21.9. The van der Waals surface area contributed by atoms with Crippen molar-refractivity contribution in [3.05, 3.63) is 176 Å². The molecule has 6 aromatic carbocycles. The minimum absolute atomic E-state index is 0.0598. The van der Waals surface area contributed by atoms with E-state index >= 15 is 0 Å². The number of alkyl halides is 3. The molecule has 7 atom stereocenters. The Morgan fingerprint density at radius 3 is 0.887 bits per heavy atom. The van der Waals surface area contributed by atoms with Crippen LogP contribution in [0.3, 0.4) is 0 Å². The molecule has 0 saturated carbocycles. The smallest absolute Gasteiger partial charge is 0.526 e. The number of carbonyl (C=O) groups is 12. The van der Waals surface area contributed by atoms with Crippen LogP contribution in [0, 0.1) is 22.7 Å². The lowest BCUT2D eigenvalue weighted by Gasteiger charge is -2.29. The maximum atomic E-state index is 12.3. The zero-order valence-corrected chi connectivity index (χ0v) is 71.1. The fourth-order valence-corrected chi connectivity index (χ4v) is 15.1. The summed E-state index contributed by atoms with van der Waals surface area (Å²) < 4.78 is 57.1. The van der Waals surface area contributed by atoms with E-state index in [9.17, 15) is 107 Å². The topological polar surface area (TPSA) is 470 Å². The molecule has 6 aliphatic rings. The van der Waals surface area contributed by atoms with Gasteiger partial charge in [-0.2, -0.15) is 10.5 Å². The van der Waals surface area contributed by atoms with Crippen molar-refractivity contribution < 1.29 is 135 Å². The summed E-state index contributed by atoms with van der Waals surface area (Å²) in [5, 5.41) is 94.3. The predicted octanol–water partition coefficient (Wildman–Crippen LogP) is 11.2. The van der Waals surface area contributed by atoms with Crippen molar-refractivity contribution in [2.45, 2.75) is 237 Å². The first-order valence-corrected chi connectivity index (χ1v) is 41.1. The van der Waals surface area contributed by atoms with Crippen LogP contribution in [0.4, 0.5) is 8.78 Å². The summed E-state index contributed by atoms with van der Waals surface area (Å²) in [6.45, 7) is 13.4. The number of nitrogens with zero attached hydrogens (tertiary/aromatic N) is 2. The summed E-state index contributed by atoms with van der Waals surface area (Å²) in [6, 6.07) is 35.0. The monoisotopic (exact) mass is 1730 g/mol. The number of halogens is 3. The van der Waals surface area contributed by atoms with E-state index in [-0.39, 0.29) is 126 Å². The van der Waals surface area contributed by atoms with Crippen molar-refractivity contribution in [2.75, 3.05) is 0 Å². The predicted molar refractivity (Wildman–Crippen MR) is 456 cm³/mol. The molecule has 12 rings (SSSR count). The molecule has 0 bridgehead atoms. The van der Waals surface area contributed by atoms with Gasteiger partial charge in [-0.15, -0.1) is 11.6 Å². The maximum absolute atomic E-state index is 12.3. The lowest BCUT2D eigenvalue weighted by atomic mass is 9.64. The van der Waals surface area contributed by atoms with Crippen LogP contribution >= 0.6 is 11.6 Å². The Hall–Kier alpha value is -10.6. The Morgan fingerprint density at radius 1 is 0.403 bits per heavy atom. The van der Waals surface area contributed by atoms with E-state index in [1.165, 1.54) is 41.5 Å². The van der Waals surface area contributed by atoms with Crippen molar-refractivity contribution in [3.8, 4) is 46.6 Å². The number of aliphatic hydroxyl groups is 2. The van der Waals surface area contributed by atoms with E-state index in [2.05, 4.69) is 0 Å². The number of rotatable bonds is 28. The highest BCUT2D eigenvalue weighted by Crippen LogP contribution is 2.44. The molecule has 0 spiro atoms. The summed E-state index contributed by atoms with van der Waals surface area (Å²) in [6.07, 6.45) is 1.84. The standard InChI is InChI=1S/C15H16BClF2O4.C15H16BNO4.C15H19BO4.C14H14BNO4.C14H17BO6.C14H17BO4/c1-8(20)11-4-2-3-9-5-10(16(22)23-15(9)11)6-13(21)12(17)7-14(18)19;1-10(18)14-6-2-4-11-8-12(16(20)21-15(11)14)9-13(19)5-3-7-17;1-3-5-13(18)9-12-8-11-6-4-7-14(10(2)17)15(11)20-16(12)19;1-9(17)13-4-2-3-10-7-11(8-12(18)5-6-16)15(19)20-14(10)13;1-8(16)11-5-3-4-9-6-10(15(20)21-13(9)11)7-12(17)14(2,18)19;1-3-12(17)8-11-7-10-5-4-6-13(9(2)16)14(10)19-15(11)18/h2-4,10,12,14,22H,5-7H2,1H3;2,4,6,12,20H,3,5,8-9H2,1H3;4,6-7,12,19H,3,5,8-9H2,1-2H3;2-4,11,19H,5,7-8H2,1H3;3-5,10,18-20H,6-7H2,1-2H3;4-6,11,18H,3,7-8H2,1-2H3/t10-,12?;2*12-;11-;10-;11-/m111111/s1. The molecule has 0 aromatic heterocycles. The van der Waals surface area contributed by atoms with Gasteiger partial charge in [0.2, 0.25) is 12.2 Å². The number of fused-ring (bicyclic) bond motifs is 6. The molecule has 6 heterocycles. The Labute approximate surface area is 724 Å². The molecule has 37 heteroatoms. The quantitative estimate of drug-likeness (QED) is 0.00978. The molecule has 0 radical (unpaired) electrons. The number of hydrogen-bond acceptors (Lipinski definition) is 28. The number of Topliss-reactive ketones (excluding diaryl/α,β-unsaturated/α-hetero) is 12. The van der Waals surface area contributed by atoms with Crippen LogP contribution in [-0.2, 0) is 67.3 Å². The van der Waals surface area contributed by atoms with Crippen molar-refractivity contribution in [2.24, 2.45) is 0 Å². The Bertz CT molecular complexity index is 5020. The zero-order chi connectivity index (χ0) is 91.7. The Balaban J connectivity index is 0.000000205. The highest BCUT2D eigenvalue weighted by Gasteiger charge is 2.45. The van der Waals surface area contributed by atoms with Crippen LogP contribution in [0.25, 0.3) is 0 Å². The van der Waals surface area contributed by atoms with Crippen LogP contribution in [0.5, 0.6) is 34.5 Å². The fourth-order valence-electron chi connectivity index (χ4n) is 14.9. The number of benzene rings is 6. The third kappa shape index (κ3) is 28.2. The maximum Gasteiger partial charge on any atom is 0.526 e. The van der Waals surface area contributed by atoms with Crippen molar-refractivity contribution in [3.63, 3.8) is 0 Å². The summed E-state index contributed by atoms with van der Waals surface area (Å²) >= 11 is 5.66. The molecular weight excluding hydrogens is 1630 g/mol. The first kappa shape index (κ1) is 100. The highest BCUT2D eigenvalue weighted by molar-refractivity contribution is 6.49. The van der Waals surface area contributed by atoms with Gasteiger partial charge in [0, 0.05) is 106 Å². The molecule has 652 valence electrons. The van der Waals surface area contributed by atoms with E-state index in [0.717, 1.165) is 35.6 Å². The summed E-state index contributed by atoms with van der Waals surface area (Å²) in [7, 11) is -6.85. The van der Waals surface area contributed by atoms with Crippen LogP contribution < -0.4 is 27.9 Å². The summed E-state index contributed by atoms with van der Waals surface area (Å²) in [4.78, 5) is 139. The first-order chi connectivity index (χ1) is 58.6. The van der Waals surface area contributed by atoms with Crippen LogP contribution in [0.1, 0.15) is 241 Å². The molecule has 6 aliphatic heterocycles. The van der Waals surface area contributed by atoms with E-state index in [1.807, 2.05) is 43.3 Å². The number of ketones is 12. The molecule has 6 aromatic rings. The lowest BCUT2D eigenvalue weighted by Crippen LogP contribution is -2.40. The second kappa shape index (κ2) is 46.9. The van der Waals surface area contributed by atoms with Crippen molar-refractivity contribution in [1.29, 1.82) is 10.5 Å². The van der Waals surface area contributed by atoms with Gasteiger partial charge in [0.15, 0.2) is 46.3 Å². The lowest BCUT2D eigenvalue weighted by molar-refractivity contribution is -0.175. The normalized spacial score (nSPS) is 17.5. The van der Waals surface area contributed by atoms with E-state index in [4.69, 9.17) is 50.1 Å². The molecular formula is C87H99B6ClF2N2O26. The number of para-hydroxylation sites is 6. The van der Waals surface area contributed by atoms with Gasteiger partial charge in [-0.05, 0) is 163 Å². The molecule has 0 fully saturated rings. The largest absolute Gasteiger partial charge is 0.535 e. The molecule has 1 unspecified atom stereocenters. The van der Waals surface area contributed by atoms with Crippen molar-refractivity contribution in [1.82, 2.24) is 0 Å². The molecule has 28 nitrogen and oxygen atoms in total. The van der Waals surface area contributed by atoms with Crippen LogP contribution in [-0.4, -0.2) is 170 Å².